The summed E-state index contributed by atoms with van der Waals surface area (Å²) in [5, 5.41) is 10.3. The predicted octanol–water partition coefficient (Wildman–Crippen LogP) is 2.52. The van der Waals surface area contributed by atoms with Crippen molar-refractivity contribution in [2.75, 3.05) is 31.1 Å². The van der Waals surface area contributed by atoms with E-state index in [9.17, 15) is 5.26 Å². The number of anilines is 1. The van der Waals surface area contributed by atoms with E-state index in [0.717, 1.165) is 65.8 Å². The molecule has 2 aromatic heterocycles. The molecule has 122 valence electrons. The normalized spacial score (nSPS) is 15.8. The molecule has 4 rings (SSSR count). The molecule has 1 fully saturated rings. The van der Waals surface area contributed by atoms with Crippen molar-refractivity contribution in [2.45, 2.75) is 13.5 Å². The van der Waals surface area contributed by atoms with Crippen LogP contribution >= 0.6 is 11.5 Å². The predicted molar refractivity (Wildman–Crippen MR) is 95.1 cm³/mol. The van der Waals surface area contributed by atoms with Gasteiger partial charge in [-0.05, 0) is 30.6 Å². The van der Waals surface area contributed by atoms with Crippen LogP contribution in [0, 0.1) is 18.3 Å². The summed E-state index contributed by atoms with van der Waals surface area (Å²) in [6.07, 6.45) is 0. The van der Waals surface area contributed by atoms with E-state index in [1.54, 1.807) is 0 Å². The molecule has 0 radical (unpaired) electrons. The lowest BCUT2D eigenvalue weighted by atomic mass is 10.2. The second-order valence-corrected chi connectivity index (χ2v) is 6.78. The summed E-state index contributed by atoms with van der Waals surface area (Å²) in [5.41, 5.74) is 3.67. The molecule has 3 heterocycles. The van der Waals surface area contributed by atoms with Gasteiger partial charge in [0.2, 0.25) is 0 Å². The highest BCUT2D eigenvalue weighted by atomic mass is 32.1. The zero-order valence-corrected chi connectivity index (χ0v) is 14.3. The number of aromatic nitrogens is 3. The molecule has 1 saturated heterocycles. The summed E-state index contributed by atoms with van der Waals surface area (Å²) in [6.45, 7) is 6.47. The number of hydrogen-bond acceptors (Lipinski definition) is 6. The first-order valence-electron chi connectivity index (χ1n) is 8.02. The third-order valence-corrected chi connectivity index (χ3v) is 5.43. The van der Waals surface area contributed by atoms with Crippen molar-refractivity contribution in [2.24, 2.45) is 0 Å². The maximum Gasteiger partial charge on any atom is 0.130 e. The van der Waals surface area contributed by atoms with Crippen molar-refractivity contribution in [1.29, 1.82) is 5.26 Å². The van der Waals surface area contributed by atoms with Crippen LogP contribution in [-0.4, -0.2) is 45.4 Å². The molecule has 0 aliphatic carbocycles. The van der Waals surface area contributed by atoms with E-state index in [0.29, 0.717) is 0 Å². The van der Waals surface area contributed by atoms with Crippen molar-refractivity contribution in [3.05, 3.63) is 41.3 Å². The largest absolute Gasteiger partial charge is 0.359 e. The van der Waals surface area contributed by atoms with Crippen molar-refractivity contribution in [1.82, 2.24) is 19.2 Å². The Morgan fingerprint density at radius 2 is 2.04 bits per heavy atom. The molecule has 1 aromatic carbocycles. The average molecular weight is 338 g/mol. The molecule has 1 aliphatic rings. The fourth-order valence-corrected chi connectivity index (χ4v) is 4.00. The number of nitriles is 1. The van der Waals surface area contributed by atoms with Gasteiger partial charge in [-0.2, -0.15) is 9.64 Å². The number of imidazole rings is 1. The highest BCUT2D eigenvalue weighted by Gasteiger charge is 2.22. The van der Waals surface area contributed by atoms with E-state index >= 15 is 0 Å². The lowest BCUT2D eigenvalue weighted by molar-refractivity contribution is 0.245. The number of fused-ring (bicyclic) bond motifs is 1. The van der Waals surface area contributed by atoms with Crippen LogP contribution in [0.15, 0.2) is 24.3 Å². The van der Waals surface area contributed by atoms with Crippen LogP contribution in [0.2, 0.25) is 0 Å². The third kappa shape index (κ3) is 2.75. The molecule has 0 atom stereocenters. The van der Waals surface area contributed by atoms with Gasteiger partial charge in [0.15, 0.2) is 0 Å². The van der Waals surface area contributed by atoms with Crippen LogP contribution in [0.4, 0.5) is 5.00 Å². The van der Waals surface area contributed by atoms with E-state index in [-0.39, 0.29) is 0 Å². The Morgan fingerprint density at radius 3 is 2.79 bits per heavy atom. The SMILES string of the molecule is Cc1nsc(N2CCN(Cc3nc4ccccc4[nH]3)CC2)c1C#N. The second-order valence-electron chi connectivity index (χ2n) is 6.02. The first kappa shape index (κ1) is 15.1. The fourth-order valence-electron chi connectivity index (χ4n) is 3.10. The minimum atomic E-state index is 0.728. The molecule has 1 aliphatic heterocycles. The topological polar surface area (TPSA) is 71.8 Å². The smallest absolute Gasteiger partial charge is 0.130 e. The van der Waals surface area contributed by atoms with Gasteiger partial charge in [0.1, 0.15) is 22.5 Å². The molecule has 1 N–H and O–H groups in total. The zero-order valence-electron chi connectivity index (χ0n) is 13.5. The van der Waals surface area contributed by atoms with Gasteiger partial charge in [0.05, 0.1) is 23.3 Å². The molecule has 7 heteroatoms. The highest BCUT2D eigenvalue weighted by molar-refractivity contribution is 7.10. The van der Waals surface area contributed by atoms with Crippen molar-refractivity contribution in [3.63, 3.8) is 0 Å². The lowest BCUT2D eigenvalue weighted by Crippen LogP contribution is -2.46. The number of aromatic amines is 1. The van der Waals surface area contributed by atoms with E-state index < -0.39 is 0 Å². The molecule has 0 spiro atoms. The summed E-state index contributed by atoms with van der Waals surface area (Å²) >= 11 is 1.43. The molecule has 0 saturated carbocycles. The maximum atomic E-state index is 9.30. The number of nitrogens with zero attached hydrogens (tertiary/aromatic N) is 5. The van der Waals surface area contributed by atoms with Crippen LogP contribution in [0.1, 0.15) is 17.1 Å². The molecular weight excluding hydrogens is 320 g/mol. The number of hydrogen-bond donors (Lipinski definition) is 1. The van der Waals surface area contributed by atoms with E-state index in [1.165, 1.54) is 11.5 Å². The Morgan fingerprint density at radius 1 is 1.25 bits per heavy atom. The maximum absolute atomic E-state index is 9.30. The first-order chi connectivity index (χ1) is 11.7. The summed E-state index contributed by atoms with van der Waals surface area (Å²) in [5.74, 6) is 1.01. The van der Waals surface area contributed by atoms with Crippen LogP contribution < -0.4 is 4.90 Å². The van der Waals surface area contributed by atoms with Gasteiger partial charge in [-0.3, -0.25) is 4.90 Å². The van der Waals surface area contributed by atoms with Crippen LogP contribution in [0.25, 0.3) is 11.0 Å². The van der Waals surface area contributed by atoms with Crippen LogP contribution in [0.5, 0.6) is 0 Å². The first-order valence-corrected chi connectivity index (χ1v) is 8.79. The van der Waals surface area contributed by atoms with E-state index in [1.807, 2.05) is 25.1 Å². The highest BCUT2D eigenvalue weighted by Crippen LogP contribution is 2.28. The van der Waals surface area contributed by atoms with E-state index in [2.05, 4.69) is 36.3 Å². The minimum absolute atomic E-state index is 0.728. The Labute approximate surface area is 144 Å². The van der Waals surface area contributed by atoms with Gasteiger partial charge in [0.25, 0.3) is 0 Å². The summed E-state index contributed by atoms with van der Waals surface area (Å²) < 4.78 is 4.32. The van der Waals surface area contributed by atoms with Gasteiger partial charge in [0, 0.05) is 26.2 Å². The number of benzene rings is 1. The van der Waals surface area contributed by atoms with Gasteiger partial charge < -0.3 is 9.88 Å². The summed E-state index contributed by atoms with van der Waals surface area (Å²) in [4.78, 5) is 12.7. The summed E-state index contributed by atoms with van der Waals surface area (Å²) in [6, 6.07) is 10.4. The number of nitrogens with one attached hydrogen (secondary N) is 1. The standard InChI is InChI=1S/C17H18N6S/c1-12-13(10-18)17(24-21-12)23-8-6-22(7-9-23)11-16-19-14-4-2-3-5-15(14)20-16/h2-5H,6-9,11H2,1H3,(H,19,20). The number of aryl methyl sites for hydroxylation is 1. The molecular formula is C17H18N6S. The number of para-hydroxylation sites is 2. The minimum Gasteiger partial charge on any atom is -0.359 e. The van der Waals surface area contributed by atoms with Crippen LogP contribution in [0.3, 0.4) is 0 Å². The Bertz CT molecular complexity index is 864. The van der Waals surface area contributed by atoms with Crippen LogP contribution in [-0.2, 0) is 6.54 Å². The molecule has 0 amide bonds. The molecule has 0 unspecified atom stereocenters. The monoisotopic (exact) mass is 338 g/mol. The lowest BCUT2D eigenvalue weighted by Gasteiger charge is -2.34. The van der Waals surface area contributed by atoms with Gasteiger partial charge >= 0.3 is 0 Å². The fraction of sp³-hybridized carbons (Fsp3) is 0.353. The Hall–Kier alpha value is -2.43. The number of piperazine rings is 1. The number of H-pyrrole nitrogens is 1. The van der Waals surface area contributed by atoms with E-state index in [4.69, 9.17) is 0 Å². The van der Waals surface area contributed by atoms with Gasteiger partial charge in [-0.25, -0.2) is 4.98 Å². The number of rotatable bonds is 3. The van der Waals surface area contributed by atoms with Crippen molar-refractivity contribution >= 4 is 27.6 Å². The molecule has 24 heavy (non-hydrogen) atoms. The molecule has 0 bridgehead atoms. The quantitative estimate of drug-likeness (QED) is 0.794. The van der Waals surface area contributed by atoms with Crippen molar-refractivity contribution < 1.29 is 0 Å². The van der Waals surface area contributed by atoms with Gasteiger partial charge in [-0.1, -0.05) is 12.1 Å². The second kappa shape index (κ2) is 6.23. The molecule has 6 nitrogen and oxygen atoms in total. The van der Waals surface area contributed by atoms with Gasteiger partial charge in [-0.15, -0.1) is 0 Å². The van der Waals surface area contributed by atoms with Crippen molar-refractivity contribution in [3.8, 4) is 6.07 Å². The average Bonchev–Trinajstić information content (AvgIpc) is 3.18. The Balaban J connectivity index is 1.42. The molecule has 3 aromatic rings. The zero-order chi connectivity index (χ0) is 16.5. The third-order valence-electron chi connectivity index (χ3n) is 4.43. The Kier molecular flexibility index (Phi) is 3.92. The summed E-state index contributed by atoms with van der Waals surface area (Å²) in [7, 11) is 0.